The summed E-state index contributed by atoms with van der Waals surface area (Å²) >= 11 is 3.74. The summed E-state index contributed by atoms with van der Waals surface area (Å²) in [7, 11) is 0. The SMILES string of the molecule is c1ccc(-c2nc(-c3cc(-c4cccc5c4sc4ccccc45)cc(-c4cccc5c4sc4ccccc45)c3)cc(-c3cccc4ccccc34)n2)cc1. The predicted octanol–water partition coefficient (Wildman–Crippen LogP) is 14.7. The van der Waals surface area contributed by atoms with Crippen LogP contribution >= 0.6 is 22.7 Å². The highest BCUT2D eigenvalue weighted by molar-refractivity contribution is 7.26. The largest absolute Gasteiger partial charge is 0.228 e. The van der Waals surface area contributed by atoms with Gasteiger partial charge in [-0.1, -0.05) is 146 Å². The summed E-state index contributed by atoms with van der Waals surface area (Å²) in [4.78, 5) is 10.6. The van der Waals surface area contributed by atoms with Gasteiger partial charge in [-0.3, -0.25) is 0 Å². The molecular formula is C50H30N2S2. The molecule has 0 unspecified atom stereocenters. The zero-order chi connectivity index (χ0) is 35.6. The van der Waals surface area contributed by atoms with E-state index in [0.29, 0.717) is 5.82 Å². The van der Waals surface area contributed by atoms with Crippen molar-refractivity contribution >= 4 is 73.8 Å². The van der Waals surface area contributed by atoms with E-state index >= 15 is 0 Å². The lowest BCUT2D eigenvalue weighted by Gasteiger charge is -2.14. The molecule has 0 aliphatic heterocycles. The van der Waals surface area contributed by atoms with E-state index < -0.39 is 0 Å². The van der Waals surface area contributed by atoms with E-state index in [9.17, 15) is 0 Å². The lowest BCUT2D eigenvalue weighted by atomic mass is 9.93. The van der Waals surface area contributed by atoms with Crippen LogP contribution in [0.15, 0.2) is 182 Å². The Bertz CT molecular complexity index is 3090. The second-order valence-electron chi connectivity index (χ2n) is 13.7. The number of thiophene rings is 2. The molecule has 0 aliphatic rings. The third kappa shape index (κ3) is 5.14. The highest BCUT2D eigenvalue weighted by atomic mass is 32.1. The molecule has 3 heterocycles. The first-order valence-corrected chi connectivity index (χ1v) is 19.8. The molecule has 252 valence electrons. The number of hydrogen-bond acceptors (Lipinski definition) is 4. The van der Waals surface area contributed by atoms with Gasteiger partial charge < -0.3 is 0 Å². The van der Waals surface area contributed by atoms with Gasteiger partial charge in [0.25, 0.3) is 0 Å². The van der Waals surface area contributed by atoms with Gasteiger partial charge in [0.15, 0.2) is 5.82 Å². The third-order valence-electron chi connectivity index (χ3n) is 10.5. The molecule has 0 saturated carbocycles. The van der Waals surface area contributed by atoms with Crippen LogP contribution < -0.4 is 0 Å². The number of rotatable bonds is 5. The van der Waals surface area contributed by atoms with Crippen molar-refractivity contribution in [3.8, 4) is 56.2 Å². The molecule has 0 aliphatic carbocycles. The first kappa shape index (κ1) is 31.1. The lowest BCUT2D eigenvalue weighted by Crippen LogP contribution is -1.97. The van der Waals surface area contributed by atoms with Gasteiger partial charge in [-0.05, 0) is 69.4 Å². The van der Waals surface area contributed by atoms with Crippen molar-refractivity contribution in [3.63, 3.8) is 0 Å². The number of fused-ring (bicyclic) bond motifs is 7. The molecule has 11 rings (SSSR count). The number of benzene rings is 8. The molecule has 2 nitrogen and oxygen atoms in total. The van der Waals surface area contributed by atoms with Crippen LogP contribution in [0.1, 0.15) is 0 Å². The van der Waals surface area contributed by atoms with Crippen LogP contribution in [0.2, 0.25) is 0 Å². The Hall–Kier alpha value is -6.46. The second kappa shape index (κ2) is 12.6. The maximum absolute atomic E-state index is 5.34. The fourth-order valence-corrected chi connectivity index (χ4v) is 10.4. The maximum Gasteiger partial charge on any atom is 0.160 e. The van der Waals surface area contributed by atoms with E-state index in [2.05, 4.69) is 176 Å². The minimum absolute atomic E-state index is 0.709. The molecule has 0 spiro atoms. The smallest absolute Gasteiger partial charge is 0.160 e. The zero-order valence-corrected chi connectivity index (χ0v) is 30.7. The Kier molecular flexibility index (Phi) is 7.25. The van der Waals surface area contributed by atoms with E-state index in [1.807, 2.05) is 28.7 Å². The van der Waals surface area contributed by atoms with E-state index in [-0.39, 0.29) is 0 Å². The molecule has 0 fully saturated rings. The van der Waals surface area contributed by atoms with Gasteiger partial charge in [-0.2, -0.15) is 0 Å². The molecule has 8 aromatic carbocycles. The summed E-state index contributed by atoms with van der Waals surface area (Å²) in [5, 5.41) is 7.54. The van der Waals surface area contributed by atoms with Gasteiger partial charge in [0.2, 0.25) is 0 Å². The quantitative estimate of drug-likeness (QED) is 0.177. The summed E-state index contributed by atoms with van der Waals surface area (Å²) in [6, 6.07) is 65.5. The van der Waals surface area contributed by atoms with Crippen LogP contribution in [0.5, 0.6) is 0 Å². The molecule has 0 amide bonds. The van der Waals surface area contributed by atoms with Gasteiger partial charge in [0, 0.05) is 57.0 Å². The van der Waals surface area contributed by atoms with Crippen LogP contribution in [0.25, 0.3) is 107 Å². The van der Waals surface area contributed by atoms with E-state index in [1.54, 1.807) is 0 Å². The molecule has 11 aromatic rings. The van der Waals surface area contributed by atoms with E-state index in [0.717, 1.165) is 28.1 Å². The molecular weight excluding hydrogens is 693 g/mol. The summed E-state index contributed by atoms with van der Waals surface area (Å²) in [6.07, 6.45) is 0. The minimum atomic E-state index is 0.709. The first-order chi connectivity index (χ1) is 26.7. The van der Waals surface area contributed by atoms with Crippen LogP contribution in [-0.4, -0.2) is 9.97 Å². The summed E-state index contributed by atoms with van der Waals surface area (Å²) in [5.74, 6) is 0.709. The number of aromatic nitrogens is 2. The van der Waals surface area contributed by atoms with Crippen molar-refractivity contribution in [3.05, 3.63) is 182 Å². The molecule has 0 bridgehead atoms. The molecule has 3 aromatic heterocycles. The topological polar surface area (TPSA) is 25.8 Å². The number of nitrogens with zero attached hydrogens (tertiary/aromatic N) is 2. The number of hydrogen-bond donors (Lipinski definition) is 0. The third-order valence-corrected chi connectivity index (χ3v) is 12.9. The molecule has 0 atom stereocenters. The fraction of sp³-hybridized carbons (Fsp3) is 0. The minimum Gasteiger partial charge on any atom is -0.228 e. The fourth-order valence-electron chi connectivity index (χ4n) is 7.93. The molecule has 0 radical (unpaired) electrons. The first-order valence-electron chi connectivity index (χ1n) is 18.1. The summed E-state index contributed by atoms with van der Waals surface area (Å²) in [6.45, 7) is 0. The Balaban J connectivity index is 1.20. The van der Waals surface area contributed by atoms with Gasteiger partial charge >= 0.3 is 0 Å². The van der Waals surface area contributed by atoms with Crippen molar-refractivity contribution in [1.29, 1.82) is 0 Å². The van der Waals surface area contributed by atoms with Crippen molar-refractivity contribution in [2.75, 3.05) is 0 Å². The van der Waals surface area contributed by atoms with Gasteiger partial charge in [-0.25, -0.2) is 9.97 Å². The Morgan fingerprint density at radius 2 is 0.796 bits per heavy atom. The lowest BCUT2D eigenvalue weighted by molar-refractivity contribution is 1.18. The maximum atomic E-state index is 5.34. The Morgan fingerprint density at radius 1 is 0.315 bits per heavy atom. The van der Waals surface area contributed by atoms with Gasteiger partial charge in [0.1, 0.15) is 0 Å². The normalized spacial score (nSPS) is 11.7. The van der Waals surface area contributed by atoms with E-state index in [4.69, 9.17) is 9.97 Å². The van der Waals surface area contributed by atoms with Crippen LogP contribution in [-0.2, 0) is 0 Å². The Morgan fingerprint density at radius 3 is 1.46 bits per heavy atom. The predicted molar refractivity (Wildman–Crippen MR) is 232 cm³/mol. The average Bonchev–Trinajstić information content (AvgIpc) is 3.82. The van der Waals surface area contributed by atoms with Crippen molar-refractivity contribution in [2.45, 2.75) is 0 Å². The summed E-state index contributed by atoms with van der Waals surface area (Å²) in [5.41, 5.74) is 9.73. The van der Waals surface area contributed by atoms with Crippen LogP contribution in [0.3, 0.4) is 0 Å². The van der Waals surface area contributed by atoms with Crippen molar-refractivity contribution in [2.24, 2.45) is 0 Å². The summed E-state index contributed by atoms with van der Waals surface area (Å²) < 4.78 is 5.20. The van der Waals surface area contributed by atoms with E-state index in [1.165, 1.54) is 73.4 Å². The monoisotopic (exact) mass is 722 g/mol. The van der Waals surface area contributed by atoms with Gasteiger partial charge in [0.05, 0.1) is 11.4 Å². The average molecular weight is 723 g/mol. The zero-order valence-electron chi connectivity index (χ0n) is 29.0. The second-order valence-corrected chi connectivity index (χ2v) is 15.8. The van der Waals surface area contributed by atoms with Crippen LogP contribution in [0, 0.1) is 0 Å². The van der Waals surface area contributed by atoms with Crippen molar-refractivity contribution in [1.82, 2.24) is 9.97 Å². The van der Waals surface area contributed by atoms with Gasteiger partial charge in [-0.15, -0.1) is 22.7 Å². The highest BCUT2D eigenvalue weighted by Gasteiger charge is 2.18. The Labute approximate surface area is 320 Å². The molecule has 4 heteroatoms. The molecule has 54 heavy (non-hydrogen) atoms. The molecule has 0 N–H and O–H groups in total. The van der Waals surface area contributed by atoms with Crippen molar-refractivity contribution < 1.29 is 0 Å². The van der Waals surface area contributed by atoms with Crippen LogP contribution in [0.4, 0.5) is 0 Å². The molecule has 0 saturated heterocycles. The highest BCUT2D eigenvalue weighted by Crippen LogP contribution is 2.45. The standard InChI is InChI=1S/C50H30N2S2/c1-2-14-32(15-3-1)50-51-44(30-45(52-50)39-22-10-16-31-13-4-5-17-36(31)39)35-28-33(37-20-11-23-42-40-18-6-8-25-46(40)53-48(37)42)27-34(29-35)38-21-12-24-43-41-19-7-9-26-47(41)54-49(38)43/h1-30H.